The van der Waals surface area contributed by atoms with E-state index >= 15 is 0 Å². The summed E-state index contributed by atoms with van der Waals surface area (Å²) in [6, 6.07) is 6.58. The molecule has 1 N–H and O–H groups in total. The van der Waals surface area contributed by atoms with Crippen molar-refractivity contribution in [3.05, 3.63) is 23.8 Å². The number of aromatic amines is 1. The monoisotopic (exact) mass is 314 g/mol. The first-order chi connectivity index (χ1) is 11.1. The molecule has 1 aromatic heterocycles. The quantitative estimate of drug-likeness (QED) is 0.815. The number of nitrogens with one attached hydrogen (secondary N) is 1. The summed E-state index contributed by atoms with van der Waals surface area (Å²) >= 11 is 0. The Morgan fingerprint density at radius 3 is 2.83 bits per heavy atom. The van der Waals surface area contributed by atoms with Crippen LogP contribution in [0.1, 0.15) is 58.4 Å². The van der Waals surface area contributed by atoms with Gasteiger partial charge in [-0.15, -0.1) is 0 Å². The third-order valence-corrected chi connectivity index (χ3v) is 5.87. The van der Waals surface area contributed by atoms with E-state index in [4.69, 9.17) is 0 Å². The highest BCUT2D eigenvalue weighted by Crippen LogP contribution is 2.40. The minimum Gasteiger partial charge on any atom is -0.303 e. The molecule has 23 heavy (non-hydrogen) atoms. The van der Waals surface area contributed by atoms with Gasteiger partial charge in [0.05, 0.1) is 0 Å². The summed E-state index contributed by atoms with van der Waals surface area (Å²) in [7, 11) is 0. The number of benzene rings is 1. The van der Waals surface area contributed by atoms with Crippen molar-refractivity contribution in [3.63, 3.8) is 0 Å². The predicted molar refractivity (Wildman–Crippen MR) is 95.6 cm³/mol. The molecule has 2 atom stereocenters. The third-order valence-electron chi connectivity index (χ3n) is 5.87. The van der Waals surface area contributed by atoms with E-state index in [1.807, 2.05) is 0 Å². The minimum absolute atomic E-state index is 0.243. The summed E-state index contributed by atoms with van der Waals surface area (Å²) in [5.41, 5.74) is 3.60. The molecule has 1 aliphatic heterocycles. The SMILES string of the molecule is CCCCCCN1CC[C@](C)(c2ccc3n[nH]nc3c2)[C@@H](C)C1. The predicted octanol–water partition coefficient (Wildman–Crippen LogP) is 4.14. The molecule has 0 unspecified atom stereocenters. The number of rotatable bonds is 6. The first-order valence-corrected chi connectivity index (χ1v) is 9.17. The Hall–Kier alpha value is -1.42. The first kappa shape index (κ1) is 16.4. The van der Waals surface area contributed by atoms with Crippen LogP contribution in [0.4, 0.5) is 0 Å². The van der Waals surface area contributed by atoms with Crippen LogP contribution in [0.3, 0.4) is 0 Å². The number of hydrogen-bond acceptors (Lipinski definition) is 3. The molecule has 1 saturated heterocycles. The molecule has 1 fully saturated rings. The van der Waals surface area contributed by atoms with Crippen molar-refractivity contribution < 1.29 is 0 Å². The summed E-state index contributed by atoms with van der Waals surface area (Å²) in [5, 5.41) is 11.1. The molecule has 0 radical (unpaired) electrons. The lowest BCUT2D eigenvalue weighted by atomic mass is 9.68. The topological polar surface area (TPSA) is 44.8 Å². The first-order valence-electron chi connectivity index (χ1n) is 9.17. The highest BCUT2D eigenvalue weighted by molar-refractivity contribution is 5.74. The second-order valence-electron chi connectivity index (χ2n) is 7.46. The number of nitrogens with zero attached hydrogens (tertiary/aromatic N) is 3. The Balaban J connectivity index is 1.66. The van der Waals surface area contributed by atoms with Crippen molar-refractivity contribution in [2.75, 3.05) is 19.6 Å². The number of H-pyrrole nitrogens is 1. The van der Waals surface area contributed by atoms with E-state index in [0.29, 0.717) is 5.92 Å². The molecular formula is C19H30N4. The van der Waals surface area contributed by atoms with E-state index in [1.54, 1.807) is 0 Å². The molecule has 2 aromatic rings. The van der Waals surface area contributed by atoms with Crippen LogP contribution in [-0.2, 0) is 5.41 Å². The second kappa shape index (κ2) is 7.00. The molecule has 4 nitrogen and oxygen atoms in total. The van der Waals surface area contributed by atoms with Crippen molar-refractivity contribution in [2.24, 2.45) is 5.92 Å². The van der Waals surface area contributed by atoms with E-state index in [1.165, 1.54) is 57.3 Å². The fraction of sp³-hybridized carbons (Fsp3) is 0.684. The molecule has 0 saturated carbocycles. The van der Waals surface area contributed by atoms with Crippen LogP contribution < -0.4 is 0 Å². The lowest BCUT2D eigenvalue weighted by Gasteiger charge is -2.45. The van der Waals surface area contributed by atoms with Gasteiger partial charge in [0, 0.05) is 6.54 Å². The van der Waals surface area contributed by atoms with Crippen LogP contribution in [-0.4, -0.2) is 39.9 Å². The Labute approximate surface area is 139 Å². The number of unbranched alkanes of at least 4 members (excludes halogenated alkanes) is 3. The molecule has 0 amide bonds. The van der Waals surface area contributed by atoms with Crippen LogP contribution >= 0.6 is 0 Å². The Kier molecular flexibility index (Phi) is 5.00. The average molecular weight is 314 g/mol. The summed E-state index contributed by atoms with van der Waals surface area (Å²) < 4.78 is 0. The summed E-state index contributed by atoms with van der Waals surface area (Å²) in [5.74, 6) is 0.659. The van der Waals surface area contributed by atoms with Crippen LogP contribution in [0, 0.1) is 5.92 Å². The van der Waals surface area contributed by atoms with E-state index in [0.717, 1.165) is 11.0 Å². The Morgan fingerprint density at radius 2 is 2.04 bits per heavy atom. The van der Waals surface area contributed by atoms with E-state index in [-0.39, 0.29) is 5.41 Å². The number of likely N-dealkylation sites (tertiary alicyclic amines) is 1. The maximum atomic E-state index is 4.26. The largest absolute Gasteiger partial charge is 0.303 e. The smallest absolute Gasteiger partial charge is 0.113 e. The zero-order chi connectivity index (χ0) is 16.3. The average Bonchev–Trinajstić information content (AvgIpc) is 3.02. The molecule has 1 aromatic carbocycles. The summed E-state index contributed by atoms with van der Waals surface area (Å²) in [6.07, 6.45) is 6.65. The van der Waals surface area contributed by atoms with Crippen LogP contribution in [0.15, 0.2) is 18.2 Å². The van der Waals surface area contributed by atoms with Crippen LogP contribution in [0.25, 0.3) is 11.0 Å². The number of aromatic nitrogens is 3. The van der Waals surface area contributed by atoms with E-state index in [9.17, 15) is 0 Å². The maximum Gasteiger partial charge on any atom is 0.113 e. The van der Waals surface area contributed by atoms with Crippen molar-refractivity contribution in [2.45, 2.75) is 58.3 Å². The number of piperidine rings is 1. The normalized spacial score (nSPS) is 26.0. The lowest BCUT2D eigenvalue weighted by molar-refractivity contribution is 0.109. The number of hydrogen-bond donors (Lipinski definition) is 1. The lowest BCUT2D eigenvalue weighted by Crippen LogP contribution is -2.47. The summed E-state index contributed by atoms with van der Waals surface area (Å²) in [6.45, 7) is 10.8. The van der Waals surface area contributed by atoms with Gasteiger partial charge in [0.15, 0.2) is 0 Å². The van der Waals surface area contributed by atoms with Gasteiger partial charge in [0.25, 0.3) is 0 Å². The Morgan fingerprint density at radius 1 is 1.22 bits per heavy atom. The molecule has 0 aliphatic carbocycles. The molecule has 4 heteroatoms. The van der Waals surface area contributed by atoms with Crippen molar-refractivity contribution in [1.82, 2.24) is 20.3 Å². The minimum atomic E-state index is 0.243. The molecule has 0 bridgehead atoms. The second-order valence-corrected chi connectivity index (χ2v) is 7.46. The third kappa shape index (κ3) is 3.42. The summed E-state index contributed by atoms with van der Waals surface area (Å²) in [4.78, 5) is 2.66. The molecular weight excluding hydrogens is 284 g/mol. The van der Waals surface area contributed by atoms with Gasteiger partial charge in [0.2, 0.25) is 0 Å². The molecule has 1 aliphatic rings. The van der Waals surface area contributed by atoms with Crippen molar-refractivity contribution in [1.29, 1.82) is 0 Å². The molecule has 126 valence electrons. The highest BCUT2D eigenvalue weighted by Gasteiger charge is 2.37. The molecule has 0 spiro atoms. The molecule has 2 heterocycles. The maximum absolute atomic E-state index is 4.26. The molecule has 3 rings (SSSR count). The zero-order valence-corrected chi connectivity index (χ0v) is 14.8. The Bertz CT molecular complexity index is 635. The fourth-order valence-corrected chi connectivity index (χ4v) is 3.91. The van der Waals surface area contributed by atoms with E-state index < -0.39 is 0 Å². The van der Waals surface area contributed by atoms with Crippen molar-refractivity contribution in [3.8, 4) is 0 Å². The fourth-order valence-electron chi connectivity index (χ4n) is 3.91. The van der Waals surface area contributed by atoms with E-state index in [2.05, 4.69) is 59.3 Å². The van der Waals surface area contributed by atoms with Gasteiger partial charge in [-0.05, 0) is 55.0 Å². The van der Waals surface area contributed by atoms with Gasteiger partial charge in [-0.1, -0.05) is 46.1 Å². The van der Waals surface area contributed by atoms with Gasteiger partial charge in [-0.3, -0.25) is 0 Å². The van der Waals surface area contributed by atoms with Gasteiger partial charge < -0.3 is 4.90 Å². The highest BCUT2D eigenvalue weighted by atomic mass is 15.3. The van der Waals surface area contributed by atoms with Crippen molar-refractivity contribution >= 4 is 11.0 Å². The van der Waals surface area contributed by atoms with Gasteiger partial charge >= 0.3 is 0 Å². The van der Waals surface area contributed by atoms with Crippen LogP contribution in [0.2, 0.25) is 0 Å². The van der Waals surface area contributed by atoms with Gasteiger partial charge in [-0.2, -0.15) is 15.4 Å². The zero-order valence-electron chi connectivity index (χ0n) is 14.8. The van der Waals surface area contributed by atoms with Gasteiger partial charge in [-0.25, -0.2) is 0 Å². The standard InChI is InChI=1S/C19H30N4/c1-4-5-6-7-11-23-12-10-19(3,15(2)14-23)16-8-9-17-18(13-16)21-22-20-17/h8-9,13,15H,4-7,10-12,14H2,1-3H3,(H,20,21,22)/t15-,19-/m0/s1. The number of fused-ring (bicyclic) bond motifs is 1. The van der Waals surface area contributed by atoms with Crippen LogP contribution in [0.5, 0.6) is 0 Å². The van der Waals surface area contributed by atoms with Gasteiger partial charge in [0.1, 0.15) is 11.0 Å².